The number of carbonyl (C=O) groups is 1. The van der Waals surface area contributed by atoms with E-state index in [4.69, 9.17) is 12.2 Å². The lowest BCUT2D eigenvalue weighted by Crippen LogP contribution is -2.32. The molecule has 0 atom stereocenters. The molecule has 2 aromatic carbocycles. The summed E-state index contributed by atoms with van der Waals surface area (Å²) in [6.45, 7) is 4.30. The minimum absolute atomic E-state index is 0.234. The zero-order chi connectivity index (χ0) is 19.2. The molecule has 0 saturated carbocycles. The highest BCUT2D eigenvalue weighted by atomic mass is 32.1. The molecule has 0 aliphatic heterocycles. The fraction of sp³-hybridized carbons (Fsp3) is 0.136. The summed E-state index contributed by atoms with van der Waals surface area (Å²) in [6.07, 6.45) is 4.96. The maximum absolute atomic E-state index is 12.1. The fourth-order valence-electron chi connectivity index (χ4n) is 2.68. The minimum atomic E-state index is -0.284. The number of hydrogen-bond donors (Lipinski definition) is 2. The molecule has 1 heterocycles. The molecule has 3 aromatic rings. The zero-order valence-electron chi connectivity index (χ0n) is 15.3. The summed E-state index contributed by atoms with van der Waals surface area (Å²) in [5.74, 6) is 0.201. The number of para-hydroxylation sites is 1. The Morgan fingerprint density at radius 1 is 1.07 bits per heavy atom. The van der Waals surface area contributed by atoms with Crippen molar-refractivity contribution in [2.75, 3.05) is 5.32 Å². The van der Waals surface area contributed by atoms with Crippen LogP contribution in [-0.2, 0) is 4.79 Å². The third-order valence-electron chi connectivity index (χ3n) is 4.15. The first-order chi connectivity index (χ1) is 13.0. The Hall–Kier alpha value is -3.05. The molecule has 5 heteroatoms. The molecule has 0 radical (unpaired) electrons. The second kappa shape index (κ2) is 8.56. The highest BCUT2D eigenvalue weighted by Gasteiger charge is 2.05. The third kappa shape index (κ3) is 4.99. The highest BCUT2D eigenvalue weighted by molar-refractivity contribution is 7.80. The van der Waals surface area contributed by atoms with Gasteiger partial charge in [0.05, 0.1) is 11.2 Å². The van der Waals surface area contributed by atoms with Crippen molar-refractivity contribution in [2.45, 2.75) is 19.8 Å². The van der Waals surface area contributed by atoms with Crippen LogP contribution in [0.25, 0.3) is 17.0 Å². The summed E-state index contributed by atoms with van der Waals surface area (Å²) in [7, 11) is 0. The number of pyridine rings is 1. The van der Waals surface area contributed by atoms with Crippen LogP contribution in [0.2, 0.25) is 0 Å². The lowest BCUT2D eigenvalue weighted by atomic mass is 10.0. The van der Waals surface area contributed by atoms with Gasteiger partial charge in [0.25, 0.3) is 0 Å². The number of nitrogens with one attached hydrogen (secondary N) is 2. The lowest BCUT2D eigenvalue weighted by molar-refractivity contribution is -0.115. The molecular weight excluding hydrogens is 354 g/mol. The lowest BCUT2D eigenvalue weighted by Gasteiger charge is -2.10. The molecule has 0 aliphatic rings. The van der Waals surface area contributed by atoms with E-state index in [9.17, 15) is 4.79 Å². The molecule has 1 aromatic heterocycles. The predicted molar refractivity (Wildman–Crippen MR) is 116 cm³/mol. The Bertz CT molecular complexity index is 989. The molecule has 27 heavy (non-hydrogen) atoms. The number of thiocarbonyl (C=S) groups is 1. The van der Waals surface area contributed by atoms with Crippen LogP contribution in [0.3, 0.4) is 0 Å². The molecule has 1 amide bonds. The van der Waals surface area contributed by atoms with Gasteiger partial charge in [0.15, 0.2) is 5.11 Å². The number of fused-ring (bicyclic) bond motifs is 1. The molecule has 4 nitrogen and oxygen atoms in total. The van der Waals surface area contributed by atoms with Crippen LogP contribution in [0, 0.1) is 0 Å². The van der Waals surface area contributed by atoms with Crippen molar-refractivity contribution in [2.24, 2.45) is 0 Å². The number of hydrogen-bond acceptors (Lipinski definition) is 3. The first-order valence-electron chi connectivity index (χ1n) is 8.76. The Morgan fingerprint density at radius 2 is 1.81 bits per heavy atom. The normalized spacial score (nSPS) is 11.1. The van der Waals surface area contributed by atoms with Crippen molar-refractivity contribution in [3.8, 4) is 0 Å². The van der Waals surface area contributed by atoms with Crippen LogP contribution >= 0.6 is 12.2 Å². The van der Waals surface area contributed by atoms with Crippen molar-refractivity contribution in [1.29, 1.82) is 0 Å². The number of carbonyl (C=O) groups excluding carboxylic acids is 1. The van der Waals surface area contributed by atoms with Crippen molar-refractivity contribution in [3.05, 3.63) is 78.0 Å². The van der Waals surface area contributed by atoms with Gasteiger partial charge in [0.2, 0.25) is 5.91 Å². The van der Waals surface area contributed by atoms with Gasteiger partial charge in [-0.25, -0.2) is 0 Å². The van der Waals surface area contributed by atoms with Gasteiger partial charge in [-0.2, -0.15) is 0 Å². The molecule has 0 spiro atoms. The fourth-order valence-corrected chi connectivity index (χ4v) is 2.89. The van der Waals surface area contributed by atoms with Crippen LogP contribution in [0.15, 0.2) is 66.9 Å². The Kier molecular flexibility index (Phi) is 5.94. The van der Waals surface area contributed by atoms with Gasteiger partial charge in [0.1, 0.15) is 0 Å². The molecule has 0 bridgehead atoms. The molecular formula is C22H21N3OS. The topological polar surface area (TPSA) is 54.0 Å². The van der Waals surface area contributed by atoms with E-state index in [2.05, 4.69) is 41.6 Å². The summed E-state index contributed by atoms with van der Waals surface area (Å²) in [4.78, 5) is 16.5. The second-order valence-electron chi connectivity index (χ2n) is 6.48. The average Bonchev–Trinajstić information content (AvgIpc) is 2.67. The second-order valence-corrected chi connectivity index (χ2v) is 6.89. The third-order valence-corrected chi connectivity index (χ3v) is 4.35. The number of aromatic nitrogens is 1. The molecule has 0 unspecified atom stereocenters. The summed E-state index contributed by atoms with van der Waals surface area (Å²) >= 11 is 5.25. The van der Waals surface area contributed by atoms with E-state index >= 15 is 0 Å². The first-order valence-corrected chi connectivity index (χ1v) is 9.17. The van der Waals surface area contributed by atoms with Crippen LogP contribution < -0.4 is 10.6 Å². The number of amides is 1. The van der Waals surface area contributed by atoms with Gasteiger partial charge < -0.3 is 5.32 Å². The Labute approximate surface area is 164 Å². The van der Waals surface area contributed by atoms with E-state index in [0.29, 0.717) is 5.92 Å². The first kappa shape index (κ1) is 18.7. The van der Waals surface area contributed by atoms with E-state index in [-0.39, 0.29) is 11.0 Å². The van der Waals surface area contributed by atoms with Crippen molar-refractivity contribution in [1.82, 2.24) is 10.3 Å². The van der Waals surface area contributed by atoms with Crippen molar-refractivity contribution in [3.63, 3.8) is 0 Å². The predicted octanol–water partition coefficient (Wildman–Crippen LogP) is 4.88. The molecule has 0 saturated heterocycles. The quantitative estimate of drug-likeness (QED) is 0.504. The summed E-state index contributed by atoms with van der Waals surface area (Å²) in [6, 6.07) is 17.8. The number of anilines is 1. The Morgan fingerprint density at radius 3 is 2.56 bits per heavy atom. The smallest absolute Gasteiger partial charge is 0.250 e. The van der Waals surface area contributed by atoms with E-state index < -0.39 is 0 Å². The van der Waals surface area contributed by atoms with E-state index in [1.54, 1.807) is 12.3 Å². The number of rotatable bonds is 4. The molecule has 0 fully saturated rings. The molecule has 0 aliphatic carbocycles. The highest BCUT2D eigenvalue weighted by Crippen LogP contribution is 2.20. The van der Waals surface area contributed by atoms with Crippen LogP contribution in [-0.4, -0.2) is 16.0 Å². The van der Waals surface area contributed by atoms with Gasteiger partial charge >= 0.3 is 0 Å². The zero-order valence-corrected chi connectivity index (χ0v) is 16.1. The SMILES string of the molecule is CC(C)c1ccc(C=CC(=O)NC(=S)Nc2cccc3cccnc23)cc1. The van der Waals surface area contributed by atoms with Crippen LogP contribution in [0.1, 0.15) is 30.9 Å². The van der Waals surface area contributed by atoms with Gasteiger partial charge in [-0.1, -0.05) is 56.3 Å². The Balaban J connectivity index is 1.61. The summed E-state index contributed by atoms with van der Waals surface area (Å²) in [5.41, 5.74) is 3.79. The van der Waals surface area contributed by atoms with E-state index in [0.717, 1.165) is 22.2 Å². The largest absolute Gasteiger partial charge is 0.331 e. The van der Waals surface area contributed by atoms with Crippen molar-refractivity contribution < 1.29 is 4.79 Å². The van der Waals surface area contributed by atoms with Crippen molar-refractivity contribution >= 4 is 45.9 Å². The molecule has 3 rings (SSSR count). The monoisotopic (exact) mass is 375 g/mol. The minimum Gasteiger partial charge on any atom is -0.331 e. The van der Waals surface area contributed by atoms with Gasteiger partial charge in [-0.3, -0.25) is 15.1 Å². The van der Waals surface area contributed by atoms with Gasteiger partial charge in [-0.05, 0) is 47.5 Å². The average molecular weight is 375 g/mol. The number of nitrogens with zero attached hydrogens (tertiary/aromatic N) is 1. The summed E-state index contributed by atoms with van der Waals surface area (Å²) < 4.78 is 0. The molecule has 2 N–H and O–H groups in total. The van der Waals surface area contributed by atoms with Crippen LogP contribution in [0.5, 0.6) is 0 Å². The van der Waals surface area contributed by atoms with Gasteiger partial charge in [0, 0.05) is 17.7 Å². The molecule has 136 valence electrons. The van der Waals surface area contributed by atoms with E-state index in [1.807, 2.05) is 42.5 Å². The summed E-state index contributed by atoms with van der Waals surface area (Å²) in [5, 5.41) is 6.93. The standard InChI is InChI=1S/C22H21N3OS/c1-15(2)17-11-8-16(9-12-17)10-13-20(26)25-22(27)24-19-7-3-5-18-6-4-14-23-21(18)19/h3-15H,1-2H3,(H2,24,25,26,27). The maximum Gasteiger partial charge on any atom is 0.250 e. The van der Waals surface area contributed by atoms with E-state index in [1.165, 1.54) is 11.6 Å². The maximum atomic E-state index is 12.1. The van der Waals surface area contributed by atoms with Gasteiger partial charge in [-0.15, -0.1) is 0 Å². The van der Waals surface area contributed by atoms with Crippen LogP contribution in [0.4, 0.5) is 5.69 Å². The number of benzene rings is 2.